The van der Waals surface area contributed by atoms with Crippen molar-refractivity contribution in [2.24, 2.45) is 10.8 Å². The van der Waals surface area contributed by atoms with E-state index >= 15 is 0 Å². The Hall–Kier alpha value is -0.120. The van der Waals surface area contributed by atoms with Gasteiger partial charge in [-0.2, -0.15) is 0 Å². The van der Waals surface area contributed by atoms with Gasteiger partial charge in [-0.05, 0) is 23.7 Å². The summed E-state index contributed by atoms with van der Waals surface area (Å²) in [5, 5.41) is 0. The molecule has 3 nitrogen and oxygen atoms in total. The minimum atomic E-state index is 0.252. The second-order valence-corrected chi connectivity index (χ2v) is 7.50. The lowest BCUT2D eigenvalue weighted by molar-refractivity contribution is 0.0211. The van der Waals surface area contributed by atoms with E-state index in [0.29, 0.717) is 18.6 Å². The fourth-order valence-electron chi connectivity index (χ4n) is 1.34. The van der Waals surface area contributed by atoms with Crippen LogP contribution in [0.25, 0.3) is 0 Å². The molecule has 0 saturated heterocycles. The van der Waals surface area contributed by atoms with Crippen molar-refractivity contribution in [1.82, 2.24) is 0 Å². The summed E-state index contributed by atoms with van der Waals surface area (Å²) < 4.78 is 16.6. The standard InChI is InChI=1S/C16H34O3/c1-15(2,3)8-11-18-13-12-17-9-7-10-19-14-16(4,5)6/h7-14H2,1-6H3. The Morgan fingerprint density at radius 2 is 1.11 bits per heavy atom. The van der Waals surface area contributed by atoms with Crippen LogP contribution >= 0.6 is 0 Å². The molecular formula is C16H34O3. The molecule has 0 aliphatic heterocycles. The Balaban J connectivity index is 3.12. The van der Waals surface area contributed by atoms with Crippen LogP contribution in [0, 0.1) is 10.8 Å². The minimum Gasteiger partial charge on any atom is -0.381 e. The summed E-state index contributed by atoms with van der Waals surface area (Å²) in [6.45, 7) is 17.8. The van der Waals surface area contributed by atoms with Gasteiger partial charge in [-0.15, -0.1) is 0 Å². The SMILES string of the molecule is CC(C)(C)CCOCCOCCCOCC(C)(C)C. The van der Waals surface area contributed by atoms with E-state index in [1.165, 1.54) is 0 Å². The average molecular weight is 274 g/mol. The first-order valence-corrected chi connectivity index (χ1v) is 7.44. The summed E-state index contributed by atoms with van der Waals surface area (Å²) in [7, 11) is 0. The van der Waals surface area contributed by atoms with Crippen LogP contribution in [0.4, 0.5) is 0 Å². The first kappa shape index (κ1) is 18.9. The minimum absolute atomic E-state index is 0.252. The first-order chi connectivity index (χ1) is 8.71. The smallest absolute Gasteiger partial charge is 0.0700 e. The van der Waals surface area contributed by atoms with Gasteiger partial charge in [0.2, 0.25) is 0 Å². The maximum absolute atomic E-state index is 5.57. The predicted molar refractivity (Wildman–Crippen MR) is 80.6 cm³/mol. The van der Waals surface area contributed by atoms with E-state index < -0.39 is 0 Å². The molecule has 0 aromatic rings. The first-order valence-electron chi connectivity index (χ1n) is 7.44. The van der Waals surface area contributed by atoms with Crippen molar-refractivity contribution in [3.63, 3.8) is 0 Å². The molecule has 0 aliphatic carbocycles. The van der Waals surface area contributed by atoms with Crippen molar-refractivity contribution in [3.8, 4) is 0 Å². The second kappa shape index (κ2) is 9.73. The average Bonchev–Trinajstić information content (AvgIpc) is 2.22. The zero-order chi connectivity index (χ0) is 14.8. The van der Waals surface area contributed by atoms with Crippen molar-refractivity contribution in [1.29, 1.82) is 0 Å². The van der Waals surface area contributed by atoms with Crippen LogP contribution < -0.4 is 0 Å². The topological polar surface area (TPSA) is 27.7 Å². The number of ether oxygens (including phenoxy) is 3. The van der Waals surface area contributed by atoms with Crippen molar-refractivity contribution < 1.29 is 14.2 Å². The maximum atomic E-state index is 5.57. The molecular weight excluding hydrogens is 240 g/mol. The monoisotopic (exact) mass is 274 g/mol. The van der Waals surface area contributed by atoms with Crippen molar-refractivity contribution in [2.45, 2.75) is 54.4 Å². The van der Waals surface area contributed by atoms with Crippen LogP contribution in [-0.2, 0) is 14.2 Å². The lowest BCUT2D eigenvalue weighted by Gasteiger charge is -2.18. The Labute approximate surface area is 120 Å². The molecule has 0 fully saturated rings. The number of hydrogen-bond donors (Lipinski definition) is 0. The molecule has 0 aromatic carbocycles. The molecule has 0 saturated carbocycles. The third-order valence-corrected chi connectivity index (χ3v) is 2.48. The molecule has 0 spiro atoms. The van der Waals surface area contributed by atoms with Crippen LogP contribution in [0.2, 0.25) is 0 Å². The number of rotatable bonds is 10. The summed E-state index contributed by atoms with van der Waals surface area (Å²) in [5.41, 5.74) is 0.604. The molecule has 3 heteroatoms. The quantitative estimate of drug-likeness (QED) is 0.565. The molecule has 116 valence electrons. The molecule has 0 aliphatic rings. The Morgan fingerprint density at radius 3 is 1.63 bits per heavy atom. The van der Waals surface area contributed by atoms with Gasteiger partial charge in [0.1, 0.15) is 0 Å². The Morgan fingerprint density at radius 1 is 0.579 bits per heavy atom. The van der Waals surface area contributed by atoms with Crippen molar-refractivity contribution >= 4 is 0 Å². The Kier molecular flexibility index (Phi) is 9.67. The van der Waals surface area contributed by atoms with Crippen LogP contribution in [-0.4, -0.2) is 39.6 Å². The summed E-state index contributed by atoms with van der Waals surface area (Å²) >= 11 is 0. The zero-order valence-corrected chi connectivity index (χ0v) is 13.9. The normalized spacial score (nSPS) is 12.9. The highest BCUT2D eigenvalue weighted by Crippen LogP contribution is 2.17. The highest BCUT2D eigenvalue weighted by atomic mass is 16.5. The molecule has 0 atom stereocenters. The summed E-state index contributed by atoms with van der Waals surface area (Å²) in [4.78, 5) is 0. The van der Waals surface area contributed by atoms with Gasteiger partial charge in [-0.25, -0.2) is 0 Å². The molecule has 0 amide bonds. The Bertz CT molecular complexity index is 179. The summed E-state index contributed by atoms with van der Waals surface area (Å²) in [5.74, 6) is 0. The highest BCUT2D eigenvalue weighted by Gasteiger charge is 2.09. The molecule has 0 aromatic heterocycles. The lowest BCUT2D eigenvalue weighted by atomic mass is 9.93. The molecule has 0 bridgehead atoms. The maximum Gasteiger partial charge on any atom is 0.0700 e. The van der Waals surface area contributed by atoms with Gasteiger partial charge < -0.3 is 14.2 Å². The van der Waals surface area contributed by atoms with E-state index in [9.17, 15) is 0 Å². The third kappa shape index (κ3) is 17.9. The fraction of sp³-hybridized carbons (Fsp3) is 1.00. The molecule has 0 rings (SSSR count). The molecule has 0 unspecified atom stereocenters. The van der Waals surface area contributed by atoms with Crippen LogP contribution in [0.5, 0.6) is 0 Å². The molecule has 0 heterocycles. The van der Waals surface area contributed by atoms with Crippen LogP contribution in [0.15, 0.2) is 0 Å². The van der Waals surface area contributed by atoms with Gasteiger partial charge >= 0.3 is 0 Å². The van der Waals surface area contributed by atoms with E-state index in [1.807, 2.05) is 0 Å². The largest absolute Gasteiger partial charge is 0.381 e. The van der Waals surface area contributed by atoms with Gasteiger partial charge in [0, 0.05) is 19.8 Å². The van der Waals surface area contributed by atoms with Gasteiger partial charge in [-0.3, -0.25) is 0 Å². The third-order valence-electron chi connectivity index (χ3n) is 2.48. The lowest BCUT2D eigenvalue weighted by Crippen LogP contribution is -2.16. The molecule has 0 radical (unpaired) electrons. The van der Waals surface area contributed by atoms with E-state index in [-0.39, 0.29) is 5.41 Å². The molecule has 19 heavy (non-hydrogen) atoms. The van der Waals surface area contributed by atoms with Gasteiger partial charge in [0.25, 0.3) is 0 Å². The van der Waals surface area contributed by atoms with Crippen LogP contribution in [0.1, 0.15) is 54.4 Å². The van der Waals surface area contributed by atoms with Crippen molar-refractivity contribution in [2.75, 3.05) is 39.6 Å². The summed E-state index contributed by atoms with van der Waals surface area (Å²) in [6, 6.07) is 0. The predicted octanol–water partition coefficient (Wildman–Crippen LogP) is 3.91. The van der Waals surface area contributed by atoms with E-state index in [4.69, 9.17) is 14.2 Å². The second-order valence-electron chi connectivity index (χ2n) is 7.50. The highest BCUT2D eigenvalue weighted by molar-refractivity contribution is 4.60. The van der Waals surface area contributed by atoms with E-state index in [0.717, 1.165) is 39.3 Å². The van der Waals surface area contributed by atoms with Gasteiger partial charge in [-0.1, -0.05) is 41.5 Å². The summed E-state index contributed by atoms with van der Waals surface area (Å²) in [6.07, 6.45) is 2.05. The van der Waals surface area contributed by atoms with E-state index in [1.54, 1.807) is 0 Å². The molecule has 0 N–H and O–H groups in total. The van der Waals surface area contributed by atoms with Gasteiger partial charge in [0.05, 0.1) is 19.8 Å². The number of hydrogen-bond acceptors (Lipinski definition) is 3. The van der Waals surface area contributed by atoms with Crippen LogP contribution in [0.3, 0.4) is 0 Å². The van der Waals surface area contributed by atoms with E-state index in [2.05, 4.69) is 41.5 Å². The van der Waals surface area contributed by atoms with Crippen molar-refractivity contribution in [3.05, 3.63) is 0 Å². The van der Waals surface area contributed by atoms with Gasteiger partial charge in [0.15, 0.2) is 0 Å². The zero-order valence-electron chi connectivity index (χ0n) is 13.9. The fourth-order valence-corrected chi connectivity index (χ4v) is 1.34.